The number of carbonyl (C=O) groups excluding carboxylic acids is 1. The summed E-state index contributed by atoms with van der Waals surface area (Å²) in [7, 11) is 0. The first-order valence-electron chi connectivity index (χ1n) is 6.61. The van der Waals surface area contributed by atoms with Gasteiger partial charge in [-0.25, -0.2) is 0 Å². The molecule has 0 atom stereocenters. The van der Waals surface area contributed by atoms with Crippen molar-refractivity contribution in [2.45, 2.75) is 0 Å². The van der Waals surface area contributed by atoms with E-state index in [1.165, 1.54) is 0 Å². The zero-order valence-electron chi connectivity index (χ0n) is 11.3. The number of para-hydroxylation sites is 2. The van der Waals surface area contributed by atoms with E-state index in [4.69, 9.17) is 4.74 Å². The minimum absolute atomic E-state index is 0.102. The lowest BCUT2D eigenvalue weighted by Crippen LogP contribution is -2.03. The standard InChI is InChI=1S/C18H13NO2/c20-18(14-7-6-12-19-13-14)16-10-4-5-11-17(16)21-15-8-2-1-3-9-15/h1-13H. The topological polar surface area (TPSA) is 39.2 Å². The molecule has 0 aliphatic heterocycles. The van der Waals surface area contributed by atoms with Gasteiger partial charge in [-0.2, -0.15) is 0 Å². The molecular formula is C18H13NO2. The van der Waals surface area contributed by atoms with Crippen LogP contribution in [0.5, 0.6) is 11.5 Å². The van der Waals surface area contributed by atoms with E-state index in [0.29, 0.717) is 22.6 Å². The Morgan fingerprint density at radius 1 is 0.857 bits per heavy atom. The molecule has 3 heteroatoms. The van der Waals surface area contributed by atoms with Gasteiger partial charge in [-0.05, 0) is 36.4 Å². The van der Waals surface area contributed by atoms with Crippen LogP contribution in [0.2, 0.25) is 0 Å². The van der Waals surface area contributed by atoms with Crippen LogP contribution < -0.4 is 4.74 Å². The number of pyridine rings is 1. The summed E-state index contributed by atoms with van der Waals surface area (Å²) in [6, 6.07) is 20.1. The van der Waals surface area contributed by atoms with Crippen molar-refractivity contribution >= 4 is 5.78 Å². The Bertz CT molecular complexity index is 739. The van der Waals surface area contributed by atoms with Gasteiger partial charge in [0.15, 0.2) is 5.78 Å². The van der Waals surface area contributed by atoms with E-state index in [2.05, 4.69) is 4.98 Å². The molecule has 2 aromatic carbocycles. The number of hydrogen-bond donors (Lipinski definition) is 0. The summed E-state index contributed by atoms with van der Waals surface area (Å²) in [6.45, 7) is 0. The molecule has 3 rings (SSSR count). The predicted molar refractivity (Wildman–Crippen MR) is 80.6 cm³/mol. The highest BCUT2D eigenvalue weighted by Crippen LogP contribution is 2.26. The van der Waals surface area contributed by atoms with Gasteiger partial charge >= 0.3 is 0 Å². The highest BCUT2D eigenvalue weighted by atomic mass is 16.5. The second-order valence-corrected chi connectivity index (χ2v) is 4.48. The number of hydrogen-bond acceptors (Lipinski definition) is 3. The summed E-state index contributed by atoms with van der Waals surface area (Å²) < 4.78 is 5.81. The smallest absolute Gasteiger partial charge is 0.198 e. The number of ketones is 1. The average Bonchev–Trinajstić information content (AvgIpc) is 2.56. The summed E-state index contributed by atoms with van der Waals surface area (Å²) >= 11 is 0. The van der Waals surface area contributed by atoms with Crippen LogP contribution in [0.4, 0.5) is 0 Å². The summed E-state index contributed by atoms with van der Waals surface area (Å²) in [5, 5.41) is 0. The number of rotatable bonds is 4. The molecule has 0 aliphatic carbocycles. The zero-order chi connectivity index (χ0) is 14.5. The minimum Gasteiger partial charge on any atom is -0.457 e. The van der Waals surface area contributed by atoms with E-state index in [1.54, 1.807) is 36.7 Å². The molecule has 0 radical (unpaired) electrons. The second kappa shape index (κ2) is 6.01. The Labute approximate surface area is 122 Å². The Kier molecular flexibility index (Phi) is 3.74. The van der Waals surface area contributed by atoms with Crippen molar-refractivity contribution in [3.8, 4) is 11.5 Å². The maximum Gasteiger partial charge on any atom is 0.198 e. The van der Waals surface area contributed by atoms with Crippen LogP contribution in [-0.4, -0.2) is 10.8 Å². The molecule has 0 unspecified atom stereocenters. The van der Waals surface area contributed by atoms with E-state index in [1.807, 2.05) is 42.5 Å². The third kappa shape index (κ3) is 2.98. The third-order valence-electron chi connectivity index (χ3n) is 3.03. The molecule has 0 fully saturated rings. The van der Waals surface area contributed by atoms with Crippen LogP contribution in [0, 0.1) is 0 Å². The van der Waals surface area contributed by atoms with Crippen LogP contribution in [0.25, 0.3) is 0 Å². The van der Waals surface area contributed by atoms with Gasteiger partial charge in [0.05, 0.1) is 5.56 Å². The number of carbonyl (C=O) groups is 1. The van der Waals surface area contributed by atoms with E-state index in [0.717, 1.165) is 0 Å². The van der Waals surface area contributed by atoms with Crippen LogP contribution in [0.15, 0.2) is 79.1 Å². The molecule has 0 amide bonds. The van der Waals surface area contributed by atoms with Gasteiger partial charge in [-0.3, -0.25) is 9.78 Å². The van der Waals surface area contributed by atoms with E-state index < -0.39 is 0 Å². The van der Waals surface area contributed by atoms with Gasteiger partial charge in [0.25, 0.3) is 0 Å². The Morgan fingerprint density at radius 3 is 2.38 bits per heavy atom. The first kappa shape index (κ1) is 13.1. The first-order chi connectivity index (χ1) is 10.3. The van der Waals surface area contributed by atoms with Gasteiger partial charge < -0.3 is 4.74 Å². The van der Waals surface area contributed by atoms with Crippen LogP contribution >= 0.6 is 0 Å². The molecule has 0 aliphatic rings. The van der Waals surface area contributed by atoms with Crippen molar-refractivity contribution in [3.05, 3.63) is 90.3 Å². The number of ether oxygens (including phenoxy) is 1. The molecule has 21 heavy (non-hydrogen) atoms. The molecule has 0 N–H and O–H groups in total. The summed E-state index contributed by atoms with van der Waals surface area (Å²) in [4.78, 5) is 16.5. The fourth-order valence-corrected chi connectivity index (χ4v) is 2.01. The second-order valence-electron chi connectivity index (χ2n) is 4.48. The average molecular weight is 275 g/mol. The first-order valence-corrected chi connectivity index (χ1v) is 6.61. The van der Waals surface area contributed by atoms with Crippen molar-refractivity contribution < 1.29 is 9.53 Å². The maximum atomic E-state index is 12.5. The highest BCUT2D eigenvalue weighted by Gasteiger charge is 2.14. The summed E-state index contributed by atoms with van der Waals surface area (Å²) in [5.41, 5.74) is 1.07. The highest BCUT2D eigenvalue weighted by molar-refractivity contribution is 6.10. The number of benzene rings is 2. The van der Waals surface area contributed by atoms with Gasteiger partial charge in [-0.15, -0.1) is 0 Å². The summed E-state index contributed by atoms with van der Waals surface area (Å²) in [6.07, 6.45) is 3.20. The lowest BCUT2D eigenvalue weighted by atomic mass is 10.0. The molecule has 0 bridgehead atoms. The number of nitrogens with zero attached hydrogens (tertiary/aromatic N) is 1. The Hall–Kier alpha value is -2.94. The van der Waals surface area contributed by atoms with Crippen molar-refractivity contribution in [2.24, 2.45) is 0 Å². The van der Waals surface area contributed by atoms with Gasteiger partial charge in [0, 0.05) is 18.0 Å². The molecular weight excluding hydrogens is 262 g/mol. The van der Waals surface area contributed by atoms with Crippen molar-refractivity contribution in [1.29, 1.82) is 0 Å². The van der Waals surface area contributed by atoms with Gasteiger partial charge in [-0.1, -0.05) is 30.3 Å². The lowest BCUT2D eigenvalue weighted by Gasteiger charge is -2.10. The quantitative estimate of drug-likeness (QED) is 0.673. The Balaban J connectivity index is 1.95. The molecule has 1 heterocycles. The SMILES string of the molecule is O=C(c1cccnc1)c1ccccc1Oc1ccccc1. The molecule has 1 aromatic heterocycles. The van der Waals surface area contributed by atoms with Gasteiger partial charge in [0.1, 0.15) is 11.5 Å². The predicted octanol–water partition coefficient (Wildman–Crippen LogP) is 4.10. The zero-order valence-corrected chi connectivity index (χ0v) is 11.3. The van der Waals surface area contributed by atoms with E-state index in [-0.39, 0.29) is 5.78 Å². The van der Waals surface area contributed by atoms with E-state index in [9.17, 15) is 4.79 Å². The normalized spacial score (nSPS) is 10.1. The van der Waals surface area contributed by atoms with Gasteiger partial charge in [0.2, 0.25) is 0 Å². The van der Waals surface area contributed by atoms with Crippen LogP contribution in [-0.2, 0) is 0 Å². The fourth-order valence-electron chi connectivity index (χ4n) is 2.01. The molecule has 3 aromatic rings. The van der Waals surface area contributed by atoms with Crippen molar-refractivity contribution in [3.63, 3.8) is 0 Å². The molecule has 0 saturated heterocycles. The minimum atomic E-state index is -0.102. The van der Waals surface area contributed by atoms with Crippen LogP contribution in [0.1, 0.15) is 15.9 Å². The number of aromatic nitrogens is 1. The molecule has 0 spiro atoms. The fraction of sp³-hybridized carbons (Fsp3) is 0. The summed E-state index contributed by atoms with van der Waals surface area (Å²) in [5.74, 6) is 1.14. The lowest BCUT2D eigenvalue weighted by molar-refractivity contribution is 0.103. The van der Waals surface area contributed by atoms with Crippen LogP contribution in [0.3, 0.4) is 0 Å². The van der Waals surface area contributed by atoms with E-state index >= 15 is 0 Å². The monoisotopic (exact) mass is 275 g/mol. The Morgan fingerprint density at radius 2 is 1.62 bits per heavy atom. The maximum absolute atomic E-state index is 12.5. The third-order valence-corrected chi connectivity index (χ3v) is 3.03. The molecule has 102 valence electrons. The largest absolute Gasteiger partial charge is 0.457 e. The van der Waals surface area contributed by atoms with Crippen molar-refractivity contribution in [1.82, 2.24) is 4.98 Å². The molecule has 0 saturated carbocycles. The van der Waals surface area contributed by atoms with Crippen molar-refractivity contribution in [2.75, 3.05) is 0 Å². The molecule has 3 nitrogen and oxygen atoms in total.